The standard InChI is InChI=1S/C12H19NO2/c1-2-13(8-10-15-11-9-14)12-6-4-3-5-7-12/h3-7,14H,2,8-11H2,1H3. The fourth-order valence-corrected chi connectivity index (χ4v) is 1.45. The topological polar surface area (TPSA) is 32.7 Å². The molecule has 0 atom stereocenters. The number of nitrogens with zero attached hydrogens (tertiary/aromatic N) is 1. The molecule has 1 rings (SSSR count). The van der Waals surface area contributed by atoms with Gasteiger partial charge in [-0.15, -0.1) is 0 Å². The molecule has 1 N–H and O–H groups in total. The van der Waals surface area contributed by atoms with E-state index < -0.39 is 0 Å². The van der Waals surface area contributed by atoms with Gasteiger partial charge in [-0.05, 0) is 19.1 Å². The molecule has 1 aromatic rings. The zero-order valence-corrected chi connectivity index (χ0v) is 9.22. The summed E-state index contributed by atoms with van der Waals surface area (Å²) in [4.78, 5) is 2.25. The van der Waals surface area contributed by atoms with Gasteiger partial charge in [-0.3, -0.25) is 0 Å². The highest BCUT2D eigenvalue weighted by Crippen LogP contribution is 2.11. The molecule has 0 unspecified atom stereocenters. The van der Waals surface area contributed by atoms with Gasteiger partial charge in [0.2, 0.25) is 0 Å². The van der Waals surface area contributed by atoms with Crippen LogP contribution in [0, 0.1) is 0 Å². The van der Waals surface area contributed by atoms with Gasteiger partial charge in [-0.25, -0.2) is 0 Å². The summed E-state index contributed by atoms with van der Waals surface area (Å²) in [5, 5.41) is 8.57. The summed E-state index contributed by atoms with van der Waals surface area (Å²) in [7, 11) is 0. The molecule has 15 heavy (non-hydrogen) atoms. The van der Waals surface area contributed by atoms with E-state index in [1.54, 1.807) is 0 Å². The highest BCUT2D eigenvalue weighted by molar-refractivity contribution is 5.45. The lowest BCUT2D eigenvalue weighted by molar-refractivity contribution is 0.0967. The Morgan fingerprint density at radius 1 is 1.20 bits per heavy atom. The van der Waals surface area contributed by atoms with E-state index in [0.717, 1.165) is 13.1 Å². The van der Waals surface area contributed by atoms with Crippen LogP contribution in [-0.2, 0) is 4.74 Å². The lowest BCUT2D eigenvalue weighted by Gasteiger charge is -2.22. The maximum absolute atomic E-state index is 8.57. The van der Waals surface area contributed by atoms with Crippen LogP contribution in [0.2, 0.25) is 0 Å². The van der Waals surface area contributed by atoms with Crippen LogP contribution in [0.3, 0.4) is 0 Å². The van der Waals surface area contributed by atoms with Gasteiger partial charge >= 0.3 is 0 Å². The number of ether oxygens (including phenoxy) is 1. The predicted octanol–water partition coefficient (Wildman–Crippen LogP) is 1.52. The number of likely N-dealkylation sites (N-methyl/N-ethyl adjacent to an activating group) is 1. The smallest absolute Gasteiger partial charge is 0.0698 e. The molecule has 0 radical (unpaired) electrons. The predicted molar refractivity (Wildman–Crippen MR) is 62.2 cm³/mol. The van der Waals surface area contributed by atoms with Crippen molar-refractivity contribution in [3.05, 3.63) is 30.3 Å². The molecule has 0 aliphatic rings. The van der Waals surface area contributed by atoms with E-state index in [0.29, 0.717) is 13.2 Å². The molecule has 0 aromatic heterocycles. The Morgan fingerprint density at radius 2 is 1.93 bits per heavy atom. The average Bonchev–Trinajstić information content (AvgIpc) is 2.30. The summed E-state index contributed by atoms with van der Waals surface area (Å²) in [6.07, 6.45) is 0. The minimum Gasteiger partial charge on any atom is -0.394 e. The highest BCUT2D eigenvalue weighted by atomic mass is 16.5. The first-order valence-corrected chi connectivity index (χ1v) is 5.37. The first-order chi connectivity index (χ1) is 7.38. The second-order valence-corrected chi connectivity index (χ2v) is 3.25. The molecule has 0 spiro atoms. The Morgan fingerprint density at radius 3 is 2.53 bits per heavy atom. The van der Waals surface area contributed by atoms with E-state index in [1.165, 1.54) is 5.69 Å². The largest absolute Gasteiger partial charge is 0.394 e. The van der Waals surface area contributed by atoms with Crippen LogP contribution >= 0.6 is 0 Å². The molecular formula is C12H19NO2. The molecule has 1 aromatic carbocycles. The third-order valence-corrected chi connectivity index (χ3v) is 2.24. The van der Waals surface area contributed by atoms with E-state index >= 15 is 0 Å². The van der Waals surface area contributed by atoms with Crippen LogP contribution < -0.4 is 4.90 Å². The molecule has 3 heteroatoms. The van der Waals surface area contributed by atoms with E-state index in [1.807, 2.05) is 18.2 Å². The van der Waals surface area contributed by atoms with Gasteiger partial charge in [0.25, 0.3) is 0 Å². The summed E-state index contributed by atoms with van der Waals surface area (Å²) in [5.74, 6) is 0. The third kappa shape index (κ3) is 4.32. The van der Waals surface area contributed by atoms with Crippen LogP contribution in [-0.4, -0.2) is 38.0 Å². The zero-order chi connectivity index (χ0) is 10.9. The van der Waals surface area contributed by atoms with Crippen molar-refractivity contribution < 1.29 is 9.84 Å². The van der Waals surface area contributed by atoms with E-state index in [4.69, 9.17) is 9.84 Å². The number of rotatable bonds is 7. The Hall–Kier alpha value is -1.06. The van der Waals surface area contributed by atoms with Crippen molar-refractivity contribution >= 4 is 5.69 Å². The third-order valence-electron chi connectivity index (χ3n) is 2.24. The van der Waals surface area contributed by atoms with E-state index in [2.05, 4.69) is 24.0 Å². The van der Waals surface area contributed by atoms with Gasteiger partial charge < -0.3 is 14.7 Å². The Bertz CT molecular complexity index is 251. The highest BCUT2D eigenvalue weighted by Gasteiger charge is 2.02. The summed E-state index contributed by atoms with van der Waals surface area (Å²) >= 11 is 0. The first-order valence-electron chi connectivity index (χ1n) is 5.37. The lowest BCUT2D eigenvalue weighted by Crippen LogP contribution is -2.27. The normalized spacial score (nSPS) is 10.3. The number of hydrogen-bond acceptors (Lipinski definition) is 3. The fourth-order valence-electron chi connectivity index (χ4n) is 1.45. The van der Waals surface area contributed by atoms with E-state index in [9.17, 15) is 0 Å². The van der Waals surface area contributed by atoms with Crippen molar-refractivity contribution in [1.29, 1.82) is 0 Å². The second-order valence-electron chi connectivity index (χ2n) is 3.25. The van der Waals surface area contributed by atoms with Crippen molar-refractivity contribution in [3.8, 4) is 0 Å². The van der Waals surface area contributed by atoms with Crippen molar-refractivity contribution in [2.24, 2.45) is 0 Å². The maximum Gasteiger partial charge on any atom is 0.0698 e. The molecular weight excluding hydrogens is 190 g/mol. The summed E-state index contributed by atoms with van der Waals surface area (Å²) in [6.45, 7) is 5.12. The minimum absolute atomic E-state index is 0.0947. The number of anilines is 1. The van der Waals surface area contributed by atoms with Crippen molar-refractivity contribution in [2.45, 2.75) is 6.92 Å². The zero-order valence-electron chi connectivity index (χ0n) is 9.22. The van der Waals surface area contributed by atoms with Crippen molar-refractivity contribution in [2.75, 3.05) is 37.8 Å². The van der Waals surface area contributed by atoms with Crippen LogP contribution in [0.15, 0.2) is 30.3 Å². The number of benzene rings is 1. The minimum atomic E-state index is 0.0947. The van der Waals surface area contributed by atoms with Gasteiger partial charge in [-0.2, -0.15) is 0 Å². The molecule has 0 saturated heterocycles. The molecule has 0 fully saturated rings. The summed E-state index contributed by atoms with van der Waals surface area (Å²) < 4.78 is 5.24. The summed E-state index contributed by atoms with van der Waals surface area (Å²) in [5.41, 5.74) is 1.22. The van der Waals surface area contributed by atoms with Crippen molar-refractivity contribution in [1.82, 2.24) is 0 Å². The molecule has 3 nitrogen and oxygen atoms in total. The summed E-state index contributed by atoms with van der Waals surface area (Å²) in [6, 6.07) is 10.3. The quantitative estimate of drug-likeness (QED) is 0.691. The van der Waals surface area contributed by atoms with Crippen molar-refractivity contribution in [3.63, 3.8) is 0 Å². The Labute approximate surface area is 91.3 Å². The van der Waals surface area contributed by atoms with Crippen LogP contribution in [0.5, 0.6) is 0 Å². The molecule has 0 bridgehead atoms. The van der Waals surface area contributed by atoms with Crippen LogP contribution in [0.25, 0.3) is 0 Å². The average molecular weight is 209 g/mol. The molecule has 84 valence electrons. The molecule has 0 saturated carbocycles. The number of aliphatic hydroxyl groups excluding tert-OH is 1. The molecule has 0 aliphatic carbocycles. The van der Waals surface area contributed by atoms with E-state index in [-0.39, 0.29) is 6.61 Å². The lowest BCUT2D eigenvalue weighted by atomic mass is 10.3. The number of para-hydroxylation sites is 1. The van der Waals surface area contributed by atoms with Gasteiger partial charge in [-0.1, -0.05) is 18.2 Å². The Kier molecular flexibility index (Phi) is 5.81. The number of hydrogen-bond donors (Lipinski definition) is 1. The molecule has 0 aliphatic heterocycles. The maximum atomic E-state index is 8.57. The van der Waals surface area contributed by atoms with Crippen LogP contribution in [0.1, 0.15) is 6.92 Å². The van der Waals surface area contributed by atoms with Gasteiger partial charge in [0.05, 0.1) is 19.8 Å². The van der Waals surface area contributed by atoms with Crippen LogP contribution in [0.4, 0.5) is 5.69 Å². The van der Waals surface area contributed by atoms with Gasteiger partial charge in [0, 0.05) is 18.8 Å². The molecule has 0 amide bonds. The fraction of sp³-hybridized carbons (Fsp3) is 0.500. The van der Waals surface area contributed by atoms with Gasteiger partial charge in [0.15, 0.2) is 0 Å². The first kappa shape index (κ1) is 12.0. The van der Waals surface area contributed by atoms with Gasteiger partial charge in [0.1, 0.15) is 0 Å². The number of aliphatic hydroxyl groups is 1. The Balaban J connectivity index is 2.36. The second kappa shape index (κ2) is 7.26. The monoisotopic (exact) mass is 209 g/mol. The molecule has 0 heterocycles. The SMILES string of the molecule is CCN(CCOCCO)c1ccccc1.